The van der Waals surface area contributed by atoms with Gasteiger partial charge in [-0.2, -0.15) is 0 Å². The molecule has 88 valence electrons. The molecule has 1 unspecified atom stereocenters. The molecule has 0 saturated carbocycles. The second-order valence-electron chi connectivity index (χ2n) is 4.46. The van der Waals surface area contributed by atoms with Crippen LogP contribution in [0.2, 0.25) is 0 Å². The fourth-order valence-electron chi connectivity index (χ4n) is 2.14. The Morgan fingerprint density at radius 3 is 3.12 bits per heavy atom. The van der Waals surface area contributed by atoms with Crippen molar-refractivity contribution >= 4 is 5.69 Å². The average Bonchev–Trinajstić information content (AvgIpc) is 2.54. The highest BCUT2D eigenvalue weighted by Crippen LogP contribution is 2.22. The summed E-state index contributed by atoms with van der Waals surface area (Å²) >= 11 is 0. The summed E-state index contributed by atoms with van der Waals surface area (Å²) in [4.78, 5) is 2.42. The standard InChI is InChI=1S/C13H20N2O/c1-11-9-14-6-7-15(10-11)12-4-3-5-13(8-12)16-2/h3-5,8,11,14H,6-7,9-10H2,1-2H3. The van der Waals surface area contributed by atoms with Crippen LogP contribution in [0, 0.1) is 5.92 Å². The van der Waals surface area contributed by atoms with Crippen LogP contribution in [0.25, 0.3) is 0 Å². The number of nitrogens with zero attached hydrogens (tertiary/aromatic N) is 1. The molecule has 16 heavy (non-hydrogen) atoms. The van der Waals surface area contributed by atoms with E-state index in [0.29, 0.717) is 5.92 Å². The van der Waals surface area contributed by atoms with Crippen molar-refractivity contribution in [2.45, 2.75) is 6.92 Å². The smallest absolute Gasteiger partial charge is 0.120 e. The first-order chi connectivity index (χ1) is 7.79. The van der Waals surface area contributed by atoms with Crippen LogP contribution < -0.4 is 15.0 Å². The molecule has 0 bridgehead atoms. The van der Waals surface area contributed by atoms with Crippen LogP contribution in [0.3, 0.4) is 0 Å². The Morgan fingerprint density at radius 1 is 1.44 bits per heavy atom. The molecule has 0 amide bonds. The lowest BCUT2D eigenvalue weighted by Gasteiger charge is -2.24. The third-order valence-electron chi connectivity index (χ3n) is 3.00. The quantitative estimate of drug-likeness (QED) is 0.821. The third-order valence-corrected chi connectivity index (χ3v) is 3.00. The maximum Gasteiger partial charge on any atom is 0.120 e. The Morgan fingerprint density at radius 2 is 2.31 bits per heavy atom. The van der Waals surface area contributed by atoms with Crippen molar-refractivity contribution in [3.05, 3.63) is 24.3 Å². The third kappa shape index (κ3) is 2.67. The van der Waals surface area contributed by atoms with Crippen molar-refractivity contribution in [3.63, 3.8) is 0 Å². The largest absolute Gasteiger partial charge is 0.497 e. The van der Waals surface area contributed by atoms with Gasteiger partial charge in [0.15, 0.2) is 0 Å². The fraction of sp³-hybridized carbons (Fsp3) is 0.538. The van der Waals surface area contributed by atoms with Gasteiger partial charge in [-0.05, 0) is 24.6 Å². The summed E-state index contributed by atoms with van der Waals surface area (Å²) in [7, 11) is 1.71. The first kappa shape index (κ1) is 11.3. The second kappa shape index (κ2) is 5.21. The Bertz CT molecular complexity index is 340. The molecule has 1 aliphatic heterocycles. The van der Waals surface area contributed by atoms with Crippen LogP contribution in [0.1, 0.15) is 6.92 Å². The van der Waals surface area contributed by atoms with E-state index >= 15 is 0 Å². The molecule has 1 saturated heterocycles. The monoisotopic (exact) mass is 220 g/mol. The molecule has 1 aromatic carbocycles. The number of hydrogen-bond acceptors (Lipinski definition) is 3. The van der Waals surface area contributed by atoms with Gasteiger partial charge in [-0.25, -0.2) is 0 Å². The van der Waals surface area contributed by atoms with E-state index < -0.39 is 0 Å². The Balaban J connectivity index is 2.14. The number of hydrogen-bond donors (Lipinski definition) is 1. The molecular weight excluding hydrogens is 200 g/mol. The van der Waals surface area contributed by atoms with Crippen LogP contribution in [-0.2, 0) is 0 Å². The minimum Gasteiger partial charge on any atom is -0.497 e. The lowest BCUT2D eigenvalue weighted by Crippen LogP contribution is -2.29. The van der Waals surface area contributed by atoms with Gasteiger partial charge in [-0.1, -0.05) is 13.0 Å². The minimum atomic E-state index is 0.689. The van der Waals surface area contributed by atoms with Crippen molar-refractivity contribution in [1.29, 1.82) is 0 Å². The molecule has 0 aromatic heterocycles. The number of nitrogens with one attached hydrogen (secondary N) is 1. The number of rotatable bonds is 2. The van der Waals surface area contributed by atoms with E-state index in [9.17, 15) is 0 Å². The molecular formula is C13H20N2O. The number of methoxy groups -OCH3 is 1. The number of benzene rings is 1. The maximum atomic E-state index is 5.26. The summed E-state index contributed by atoms with van der Waals surface area (Å²) in [5, 5.41) is 3.45. The lowest BCUT2D eigenvalue weighted by molar-refractivity contribution is 0.414. The van der Waals surface area contributed by atoms with Gasteiger partial charge in [0, 0.05) is 31.4 Å². The zero-order valence-corrected chi connectivity index (χ0v) is 10.1. The van der Waals surface area contributed by atoms with Crippen LogP contribution >= 0.6 is 0 Å². The molecule has 1 aromatic rings. The van der Waals surface area contributed by atoms with E-state index in [1.807, 2.05) is 6.07 Å². The van der Waals surface area contributed by atoms with Gasteiger partial charge in [0.05, 0.1) is 7.11 Å². The van der Waals surface area contributed by atoms with Crippen molar-refractivity contribution in [2.75, 3.05) is 38.2 Å². The molecule has 3 nitrogen and oxygen atoms in total. The predicted octanol–water partition coefficient (Wildman–Crippen LogP) is 1.74. The molecule has 0 spiro atoms. The molecule has 1 atom stereocenters. The van der Waals surface area contributed by atoms with Gasteiger partial charge in [-0.3, -0.25) is 0 Å². The molecule has 3 heteroatoms. The molecule has 2 rings (SSSR count). The van der Waals surface area contributed by atoms with Crippen molar-refractivity contribution < 1.29 is 4.74 Å². The predicted molar refractivity (Wildman–Crippen MR) is 67.2 cm³/mol. The van der Waals surface area contributed by atoms with Crippen LogP contribution in [0.15, 0.2) is 24.3 Å². The van der Waals surface area contributed by atoms with Crippen LogP contribution in [0.5, 0.6) is 5.75 Å². The van der Waals surface area contributed by atoms with E-state index in [1.54, 1.807) is 7.11 Å². The summed E-state index contributed by atoms with van der Waals surface area (Å²) in [6.07, 6.45) is 0. The molecule has 1 heterocycles. The Kier molecular flexibility index (Phi) is 3.67. The van der Waals surface area contributed by atoms with Crippen LogP contribution in [0.4, 0.5) is 5.69 Å². The average molecular weight is 220 g/mol. The fourth-order valence-corrected chi connectivity index (χ4v) is 2.14. The van der Waals surface area contributed by atoms with Crippen molar-refractivity contribution in [2.24, 2.45) is 5.92 Å². The van der Waals surface area contributed by atoms with E-state index in [-0.39, 0.29) is 0 Å². The Hall–Kier alpha value is -1.22. The topological polar surface area (TPSA) is 24.5 Å². The van der Waals surface area contributed by atoms with Gasteiger partial charge in [-0.15, -0.1) is 0 Å². The number of ether oxygens (including phenoxy) is 1. The Labute approximate surface area is 97.4 Å². The zero-order valence-electron chi connectivity index (χ0n) is 10.1. The maximum absolute atomic E-state index is 5.26. The van der Waals surface area contributed by atoms with Gasteiger partial charge in [0.1, 0.15) is 5.75 Å². The summed E-state index contributed by atoms with van der Waals surface area (Å²) in [6.45, 7) is 6.63. The normalized spacial score (nSPS) is 21.6. The number of anilines is 1. The van der Waals surface area contributed by atoms with Gasteiger partial charge >= 0.3 is 0 Å². The van der Waals surface area contributed by atoms with Gasteiger partial charge in [0.25, 0.3) is 0 Å². The summed E-state index contributed by atoms with van der Waals surface area (Å²) in [5.74, 6) is 1.62. The summed E-state index contributed by atoms with van der Waals surface area (Å²) < 4.78 is 5.26. The molecule has 1 fully saturated rings. The highest BCUT2D eigenvalue weighted by atomic mass is 16.5. The molecule has 1 aliphatic rings. The SMILES string of the molecule is COc1cccc(N2CCNCC(C)C2)c1. The van der Waals surface area contributed by atoms with Crippen LogP contribution in [-0.4, -0.2) is 33.3 Å². The van der Waals surface area contributed by atoms with Crippen molar-refractivity contribution in [3.8, 4) is 5.75 Å². The van der Waals surface area contributed by atoms with E-state index in [1.165, 1.54) is 5.69 Å². The summed E-state index contributed by atoms with van der Waals surface area (Å²) in [5.41, 5.74) is 1.26. The summed E-state index contributed by atoms with van der Waals surface area (Å²) in [6, 6.07) is 8.30. The highest BCUT2D eigenvalue weighted by Gasteiger charge is 2.14. The first-order valence-corrected chi connectivity index (χ1v) is 5.89. The first-order valence-electron chi connectivity index (χ1n) is 5.89. The van der Waals surface area contributed by atoms with E-state index in [0.717, 1.165) is 31.9 Å². The highest BCUT2D eigenvalue weighted by molar-refractivity contribution is 5.50. The van der Waals surface area contributed by atoms with E-state index in [2.05, 4.69) is 35.3 Å². The molecule has 0 radical (unpaired) electrons. The van der Waals surface area contributed by atoms with Gasteiger partial charge in [0.2, 0.25) is 0 Å². The van der Waals surface area contributed by atoms with Gasteiger partial charge < -0.3 is 15.0 Å². The van der Waals surface area contributed by atoms with E-state index in [4.69, 9.17) is 4.74 Å². The van der Waals surface area contributed by atoms with Crippen molar-refractivity contribution in [1.82, 2.24) is 5.32 Å². The zero-order chi connectivity index (χ0) is 11.4. The minimum absolute atomic E-state index is 0.689. The second-order valence-corrected chi connectivity index (χ2v) is 4.46. The lowest BCUT2D eigenvalue weighted by atomic mass is 10.1. The molecule has 1 N–H and O–H groups in total. The molecule has 0 aliphatic carbocycles.